The average Bonchev–Trinajstić information content (AvgIpc) is 2.32. The molecule has 7 heteroatoms. The largest absolute Gasteiger partial charge is 0.480 e. The molecule has 2 amide bonds. The smallest absolute Gasteiger partial charge is 0.326 e. The molecule has 1 aromatic carbocycles. The summed E-state index contributed by atoms with van der Waals surface area (Å²) in [6.07, 6.45) is 0.317. The number of amides is 2. The minimum absolute atomic E-state index is 0.126. The molecule has 3 N–H and O–H groups in total. The molecule has 0 fully saturated rings. The van der Waals surface area contributed by atoms with Crippen LogP contribution < -0.4 is 10.6 Å². The van der Waals surface area contributed by atoms with Crippen molar-refractivity contribution in [3.8, 4) is 0 Å². The first kappa shape index (κ1) is 16.4. The highest BCUT2D eigenvalue weighted by Crippen LogP contribution is 2.19. The maximum absolute atomic E-state index is 13.3. The molecule has 0 saturated carbocycles. The number of benzene rings is 1. The van der Waals surface area contributed by atoms with E-state index in [0.29, 0.717) is 6.42 Å². The van der Waals surface area contributed by atoms with Crippen molar-refractivity contribution in [1.29, 1.82) is 0 Å². The highest BCUT2D eigenvalue weighted by Gasteiger charge is 2.21. The van der Waals surface area contributed by atoms with Gasteiger partial charge in [0, 0.05) is 5.69 Å². The zero-order valence-electron chi connectivity index (χ0n) is 11.1. The third-order valence-electron chi connectivity index (χ3n) is 2.49. The number of anilines is 1. The third-order valence-corrected chi connectivity index (χ3v) is 3.13. The number of carbonyl (C=O) groups excluding carboxylic acids is 1. The van der Waals surface area contributed by atoms with Gasteiger partial charge in [0.25, 0.3) is 0 Å². The second-order valence-corrected chi connectivity index (χ2v) is 5.60. The summed E-state index contributed by atoms with van der Waals surface area (Å²) in [6.45, 7) is 3.72. The quantitative estimate of drug-likeness (QED) is 0.765. The van der Waals surface area contributed by atoms with Crippen LogP contribution in [0.2, 0.25) is 0 Å². The molecule has 1 atom stereocenters. The Labute approximate surface area is 124 Å². The van der Waals surface area contributed by atoms with Gasteiger partial charge in [-0.1, -0.05) is 13.8 Å². The zero-order valence-corrected chi connectivity index (χ0v) is 12.7. The Morgan fingerprint density at radius 3 is 2.55 bits per heavy atom. The Balaban J connectivity index is 2.65. The first-order valence-electron chi connectivity index (χ1n) is 6.05. The Bertz CT molecular complexity index is 508. The number of carbonyl (C=O) groups is 2. The number of carboxylic acids is 1. The van der Waals surface area contributed by atoms with E-state index in [1.807, 2.05) is 13.8 Å². The Hall–Kier alpha value is -1.63. The predicted octanol–water partition coefficient (Wildman–Crippen LogP) is 3.21. The van der Waals surface area contributed by atoms with Gasteiger partial charge in [0.2, 0.25) is 0 Å². The monoisotopic (exact) mass is 346 g/mol. The van der Waals surface area contributed by atoms with Crippen LogP contribution in [0, 0.1) is 11.7 Å². The van der Waals surface area contributed by atoms with Gasteiger partial charge in [-0.05, 0) is 46.5 Å². The Morgan fingerprint density at radius 1 is 1.40 bits per heavy atom. The van der Waals surface area contributed by atoms with Crippen LogP contribution in [-0.4, -0.2) is 23.1 Å². The van der Waals surface area contributed by atoms with Gasteiger partial charge in [-0.3, -0.25) is 0 Å². The van der Waals surface area contributed by atoms with Crippen LogP contribution in [0.5, 0.6) is 0 Å². The normalized spacial score (nSPS) is 12.1. The molecule has 0 spiro atoms. The van der Waals surface area contributed by atoms with Crippen molar-refractivity contribution >= 4 is 33.6 Å². The van der Waals surface area contributed by atoms with Gasteiger partial charge >= 0.3 is 12.0 Å². The summed E-state index contributed by atoms with van der Waals surface area (Å²) in [4.78, 5) is 22.7. The second kappa shape index (κ2) is 7.23. The number of carboxylic acid groups (broad SMARTS) is 1. The van der Waals surface area contributed by atoms with Crippen molar-refractivity contribution in [2.24, 2.45) is 5.92 Å². The highest BCUT2D eigenvalue weighted by molar-refractivity contribution is 9.10. The number of hydrogen-bond acceptors (Lipinski definition) is 2. The van der Waals surface area contributed by atoms with E-state index in [9.17, 15) is 14.0 Å². The highest BCUT2D eigenvalue weighted by atomic mass is 79.9. The fraction of sp³-hybridized carbons (Fsp3) is 0.385. The van der Waals surface area contributed by atoms with Gasteiger partial charge < -0.3 is 15.7 Å². The van der Waals surface area contributed by atoms with Crippen molar-refractivity contribution < 1.29 is 19.1 Å². The van der Waals surface area contributed by atoms with Crippen LogP contribution in [0.3, 0.4) is 0 Å². The van der Waals surface area contributed by atoms with E-state index in [2.05, 4.69) is 26.6 Å². The van der Waals surface area contributed by atoms with E-state index >= 15 is 0 Å². The van der Waals surface area contributed by atoms with E-state index < -0.39 is 23.9 Å². The maximum Gasteiger partial charge on any atom is 0.326 e. The van der Waals surface area contributed by atoms with E-state index in [-0.39, 0.29) is 16.1 Å². The maximum atomic E-state index is 13.3. The standard InChI is InChI=1S/C13H16BrFN2O3/c1-7(2)5-11(12(18)19)17-13(20)16-8-3-4-9(14)10(15)6-8/h3-4,6-7,11H,5H2,1-2H3,(H,18,19)(H2,16,17,20). The summed E-state index contributed by atoms with van der Waals surface area (Å²) >= 11 is 3.00. The summed E-state index contributed by atoms with van der Waals surface area (Å²) < 4.78 is 13.6. The lowest BCUT2D eigenvalue weighted by atomic mass is 10.0. The summed E-state index contributed by atoms with van der Waals surface area (Å²) in [5, 5.41) is 13.7. The summed E-state index contributed by atoms with van der Waals surface area (Å²) in [6, 6.07) is 2.44. The fourth-order valence-corrected chi connectivity index (χ4v) is 1.84. The first-order chi connectivity index (χ1) is 9.29. The van der Waals surface area contributed by atoms with Crippen molar-refractivity contribution in [1.82, 2.24) is 5.32 Å². The predicted molar refractivity (Wildman–Crippen MR) is 77.1 cm³/mol. The van der Waals surface area contributed by atoms with Gasteiger partial charge in [0.1, 0.15) is 11.9 Å². The van der Waals surface area contributed by atoms with E-state index in [4.69, 9.17) is 5.11 Å². The van der Waals surface area contributed by atoms with Crippen LogP contribution in [0.4, 0.5) is 14.9 Å². The Morgan fingerprint density at radius 2 is 2.05 bits per heavy atom. The van der Waals surface area contributed by atoms with Crippen LogP contribution >= 0.6 is 15.9 Å². The zero-order chi connectivity index (χ0) is 15.3. The number of rotatable bonds is 5. The molecule has 0 heterocycles. The summed E-state index contributed by atoms with van der Waals surface area (Å²) in [5.41, 5.74) is 0.247. The molecule has 20 heavy (non-hydrogen) atoms. The fourth-order valence-electron chi connectivity index (χ4n) is 1.59. The van der Waals surface area contributed by atoms with Crippen LogP contribution in [0.25, 0.3) is 0 Å². The molecule has 1 unspecified atom stereocenters. The average molecular weight is 347 g/mol. The molecular formula is C13H16BrFN2O3. The van der Waals surface area contributed by atoms with Crippen molar-refractivity contribution in [3.05, 3.63) is 28.5 Å². The number of nitrogens with one attached hydrogen (secondary N) is 2. The summed E-state index contributed by atoms with van der Waals surface area (Å²) in [7, 11) is 0. The molecular weight excluding hydrogens is 331 g/mol. The topological polar surface area (TPSA) is 78.4 Å². The van der Waals surface area contributed by atoms with Crippen LogP contribution in [-0.2, 0) is 4.79 Å². The number of halogens is 2. The lowest BCUT2D eigenvalue weighted by Crippen LogP contribution is -2.43. The minimum atomic E-state index is -1.10. The molecule has 5 nitrogen and oxygen atoms in total. The molecule has 0 aromatic heterocycles. The molecule has 0 aliphatic heterocycles. The van der Waals surface area contributed by atoms with Crippen LogP contribution in [0.15, 0.2) is 22.7 Å². The summed E-state index contributed by atoms with van der Waals surface area (Å²) in [5.74, 6) is -1.49. The van der Waals surface area contributed by atoms with E-state index in [1.54, 1.807) is 0 Å². The van der Waals surface area contributed by atoms with Gasteiger partial charge in [0.15, 0.2) is 0 Å². The van der Waals surface area contributed by atoms with E-state index in [0.717, 1.165) is 6.07 Å². The van der Waals surface area contributed by atoms with Crippen molar-refractivity contribution in [2.45, 2.75) is 26.3 Å². The molecule has 0 radical (unpaired) electrons. The minimum Gasteiger partial charge on any atom is -0.480 e. The van der Waals surface area contributed by atoms with Gasteiger partial charge in [0.05, 0.1) is 4.47 Å². The van der Waals surface area contributed by atoms with E-state index in [1.165, 1.54) is 12.1 Å². The molecule has 0 saturated heterocycles. The molecule has 0 aliphatic rings. The molecule has 1 aromatic rings. The molecule has 0 aliphatic carbocycles. The lowest BCUT2D eigenvalue weighted by Gasteiger charge is -2.17. The Kier molecular flexibility index (Phi) is 5.94. The van der Waals surface area contributed by atoms with Crippen LogP contribution in [0.1, 0.15) is 20.3 Å². The van der Waals surface area contributed by atoms with Crippen molar-refractivity contribution in [2.75, 3.05) is 5.32 Å². The third kappa shape index (κ3) is 5.16. The lowest BCUT2D eigenvalue weighted by molar-refractivity contribution is -0.139. The second-order valence-electron chi connectivity index (χ2n) is 4.75. The number of aliphatic carboxylic acids is 1. The molecule has 0 bridgehead atoms. The van der Waals surface area contributed by atoms with Gasteiger partial charge in [-0.25, -0.2) is 14.0 Å². The van der Waals surface area contributed by atoms with Gasteiger partial charge in [-0.15, -0.1) is 0 Å². The number of hydrogen-bond donors (Lipinski definition) is 3. The number of urea groups is 1. The van der Waals surface area contributed by atoms with Crippen molar-refractivity contribution in [3.63, 3.8) is 0 Å². The SMILES string of the molecule is CC(C)CC(NC(=O)Nc1ccc(Br)c(F)c1)C(=O)O. The molecule has 1 rings (SSSR count). The first-order valence-corrected chi connectivity index (χ1v) is 6.84. The molecule has 110 valence electrons. The van der Waals surface area contributed by atoms with Gasteiger partial charge in [-0.2, -0.15) is 0 Å².